The van der Waals surface area contributed by atoms with Crippen LogP contribution in [0.3, 0.4) is 0 Å². The Bertz CT molecular complexity index is 861. The molecule has 0 aliphatic carbocycles. The maximum absolute atomic E-state index is 13.0. The Morgan fingerprint density at radius 2 is 2.21 bits per heavy atom. The van der Waals surface area contributed by atoms with Crippen molar-refractivity contribution >= 4 is 22.4 Å². The predicted molar refractivity (Wildman–Crippen MR) is 86.2 cm³/mol. The van der Waals surface area contributed by atoms with Crippen LogP contribution in [-0.4, -0.2) is 20.7 Å². The van der Waals surface area contributed by atoms with Crippen LogP contribution >= 0.6 is 11.3 Å². The number of benzene rings is 1. The van der Waals surface area contributed by atoms with Gasteiger partial charge in [0.1, 0.15) is 11.9 Å². The van der Waals surface area contributed by atoms with E-state index < -0.39 is 0 Å². The first-order valence-corrected chi connectivity index (χ1v) is 8.21. The molecule has 0 spiro atoms. The Labute approximate surface area is 140 Å². The van der Waals surface area contributed by atoms with Gasteiger partial charge in [-0.05, 0) is 23.8 Å². The zero-order valence-electron chi connectivity index (χ0n) is 12.5. The number of amides is 1. The summed E-state index contributed by atoms with van der Waals surface area (Å²) in [6, 6.07) is 7.92. The number of halogens is 1. The number of nitrogens with one attached hydrogen (secondary N) is 1. The highest BCUT2D eigenvalue weighted by Crippen LogP contribution is 2.27. The van der Waals surface area contributed by atoms with Crippen molar-refractivity contribution < 1.29 is 13.9 Å². The summed E-state index contributed by atoms with van der Waals surface area (Å²) in [6.45, 7) is 0.824. The Hall–Kier alpha value is -2.58. The number of fused-ring (bicyclic) bond motifs is 1. The van der Waals surface area contributed by atoms with Gasteiger partial charge in [-0.2, -0.15) is 5.10 Å². The van der Waals surface area contributed by atoms with Crippen LogP contribution < -0.4 is 5.32 Å². The summed E-state index contributed by atoms with van der Waals surface area (Å²) >= 11 is 1.35. The maximum atomic E-state index is 13.0. The van der Waals surface area contributed by atoms with Gasteiger partial charge < -0.3 is 4.74 Å². The van der Waals surface area contributed by atoms with Gasteiger partial charge >= 0.3 is 0 Å². The largest absolute Gasteiger partial charge is 0.365 e. The summed E-state index contributed by atoms with van der Waals surface area (Å²) < 4.78 is 20.6. The quantitative estimate of drug-likeness (QED) is 0.793. The molecule has 1 N–H and O–H groups in total. The number of aromatic nitrogens is 3. The van der Waals surface area contributed by atoms with E-state index in [1.807, 2.05) is 0 Å². The maximum Gasteiger partial charge on any atom is 0.277 e. The van der Waals surface area contributed by atoms with Crippen LogP contribution in [0.5, 0.6) is 0 Å². The number of ether oxygens (including phenoxy) is 1. The molecule has 6 nitrogen and oxygen atoms in total. The van der Waals surface area contributed by atoms with Gasteiger partial charge in [-0.25, -0.2) is 9.37 Å². The average Bonchev–Trinajstić information content (AvgIpc) is 3.24. The van der Waals surface area contributed by atoms with E-state index >= 15 is 0 Å². The first kappa shape index (κ1) is 15.0. The minimum atomic E-state index is -0.301. The summed E-state index contributed by atoms with van der Waals surface area (Å²) in [6.07, 6.45) is 1.41. The fraction of sp³-hybridized carbons (Fsp3) is 0.188. The van der Waals surface area contributed by atoms with Gasteiger partial charge in [0.2, 0.25) is 0 Å². The molecule has 1 aromatic carbocycles. The number of thiazole rings is 1. The number of anilines is 1. The van der Waals surface area contributed by atoms with Gasteiger partial charge in [-0.3, -0.25) is 14.8 Å². The van der Waals surface area contributed by atoms with Gasteiger partial charge in [0, 0.05) is 11.6 Å². The molecule has 1 atom stereocenters. The Morgan fingerprint density at radius 3 is 2.96 bits per heavy atom. The topological polar surface area (TPSA) is 69.0 Å². The lowest BCUT2D eigenvalue weighted by molar-refractivity contribution is -0.00122. The molecule has 3 aromatic rings. The van der Waals surface area contributed by atoms with Crippen molar-refractivity contribution in [3.8, 4) is 0 Å². The molecular formula is C16H13FN4O2S. The lowest BCUT2D eigenvalue weighted by Crippen LogP contribution is -2.22. The minimum absolute atomic E-state index is 0.215. The van der Waals surface area contributed by atoms with Crippen molar-refractivity contribution in [2.24, 2.45) is 0 Å². The number of nitrogens with zero attached hydrogens (tertiary/aromatic N) is 3. The van der Waals surface area contributed by atoms with E-state index in [0.717, 1.165) is 11.3 Å². The second-order valence-corrected chi connectivity index (χ2v) is 6.24. The second-order valence-electron chi connectivity index (χ2n) is 5.35. The van der Waals surface area contributed by atoms with E-state index in [9.17, 15) is 9.18 Å². The third-order valence-corrected chi connectivity index (χ3v) is 4.45. The van der Waals surface area contributed by atoms with Crippen LogP contribution in [-0.2, 0) is 17.9 Å². The van der Waals surface area contributed by atoms with Crippen LogP contribution in [0.1, 0.15) is 27.8 Å². The molecule has 1 aliphatic heterocycles. The molecule has 2 aromatic heterocycles. The Kier molecular flexibility index (Phi) is 3.83. The highest BCUT2D eigenvalue weighted by molar-refractivity contribution is 7.13. The molecule has 0 fully saturated rings. The van der Waals surface area contributed by atoms with E-state index in [-0.39, 0.29) is 17.8 Å². The van der Waals surface area contributed by atoms with Gasteiger partial charge in [-0.15, -0.1) is 11.3 Å². The highest BCUT2D eigenvalue weighted by Gasteiger charge is 2.24. The van der Waals surface area contributed by atoms with Crippen molar-refractivity contribution in [1.82, 2.24) is 14.8 Å². The molecule has 0 saturated heterocycles. The SMILES string of the molecule is O=C(Nc1nccs1)c1cc2n(n1)CC(c1ccc(F)cc1)OC2. The van der Waals surface area contributed by atoms with Crippen LogP contribution in [0.4, 0.5) is 9.52 Å². The van der Waals surface area contributed by atoms with E-state index in [4.69, 9.17) is 4.74 Å². The van der Waals surface area contributed by atoms with Crippen molar-refractivity contribution in [2.75, 3.05) is 5.32 Å². The molecule has 1 unspecified atom stereocenters. The molecule has 122 valence electrons. The number of hydrogen-bond donors (Lipinski definition) is 1. The molecule has 1 aliphatic rings. The van der Waals surface area contributed by atoms with Crippen molar-refractivity contribution in [3.05, 3.63) is 64.7 Å². The molecule has 0 bridgehead atoms. The molecule has 0 radical (unpaired) electrons. The first-order chi connectivity index (χ1) is 11.7. The summed E-state index contributed by atoms with van der Waals surface area (Å²) in [4.78, 5) is 16.2. The second kappa shape index (κ2) is 6.14. The predicted octanol–water partition coefficient (Wildman–Crippen LogP) is 3.00. The zero-order chi connectivity index (χ0) is 16.5. The smallest absolute Gasteiger partial charge is 0.277 e. The van der Waals surface area contributed by atoms with Gasteiger partial charge in [0.05, 0.1) is 18.8 Å². The standard InChI is InChI=1S/C16H13FN4O2S/c17-11-3-1-10(2-4-11)14-8-21-12(9-23-14)7-13(20-21)15(22)19-16-18-5-6-24-16/h1-7,14H,8-9H2,(H,18,19,22). The number of carbonyl (C=O) groups excluding carboxylic acids is 1. The molecule has 0 saturated carbocycles. The summed E-state index contributed by atoms with van der Waals surface area (Å²) in [5.74, 6) is -0.583. The lowest BCUT2D eigenvalue weighted by Gasteiger charge is -2.24. The molecular weight excluding hydrogens is 331 g/mol. The van der Waals surface area contributed by atoms with Gasteiger partial charge in [0.25, 0.3) is 5.91 Å². The highest BCUT2D eigenvalue weighted by atomic mass is 32.1. The fourth-order valence-corrected chi connectivity index (χ4v) is 3.09. The fourth-order valence-electron chi connectivity index (χ4n) is 2.56. The third-order valence-electron chi connectivity index (χ3n) is 3.76. The van der Waals surface area contributed by atoms with E-state index in [2.05, 4.69) is 15.4 Å². The molecule has 8 heteroatoms. The molecule has 24 heavy (non-hydrogen) atoms. The van der Waals surface area contributed by atoms with E-state index in [0.29, 0.717) is 24.0 Å². The summed E-state index contributed by atoms with van der Waals surface area (Å²) in [5, 5.41) is 9.38. The minimum Gasteiger partial charge on any atom is -0.365 e. The van der Waals surface area contributed by atoms with Crippen molar-refractivity contribution in [3.63, 3.8) is 0 Å². The Morgan fingerprint density at radius 1 is 1.38 bits per heavy atom. The first-order valence-electron chi connectivity index (χ1n) is 7.34. The Balaban J connectivity index is 1.51. The summed E-state index contributed by atoms with van der Waals surface area (Å²) in [5.41, 5.74) is 2.03. The number of rotatable bonds is 3. The van der Waals surface area contributed by atoms with E-state index in [1.54, 1.807) is 34.5 Å². The zero-order valence-corrected chi connectivity index (χ0v) is 13.3. The normalized spacial score (nSPS) is 16.6. The molecule has 4 rings (SSSR count). The number of carbonyl (C=O) groups is 1. The monoisotopic (exact) mass is 344 g/mol. The lowest BCUT2D eigenvalue weighted by atomic mass is 10.1. The summed E-state index contributed by atoms with van der Waals surface area (Å²) in [7, 11) is 0. The average molecular weight is 344 g/mol. The third kappa shape index (κ3) is 2.93. The van der Waals surface area contributed by atoms with Crippen molar-refractivity contribution in [2.45, 2.75) is 19.3 Å². The van der Waals surface area contributed by atoms with Crippen molar-refractivity contribution in [1.29, 1.82) is 0 Å². The van der Waals surface area contributed by atoms with Crippen LogP contribution in [0.15, 0.2) is 41.9 Å². The molecule has 3 heterocycles. The van der Waals surface area contributed by atoms with Gasteiger partial charge in [0.15, 0.2) is 10.8 Å². The number of hydrogen-bond acceptors (Lipinski definition) is 5. The van der Waals surface area contributed by atoms with Crippen LogP contribution in [0, 0.1) is 5.82 Å². The van der Waals surface area contributed by atoms with Crippen LogP contribution in [0.2, 0.25) is 0 Å². The molecule has 1 amide bonds. The van der Waals surface area contributed by atoms with Gasteiger partial charge in [-0.1, -0.05) is 12.1 Å². The van der Waals surface area contributed by atoms with E-state index in [1.165, 1.54) is 23.5 Å². The van der Waals surface area contributed by atoms with Crippen LogP contribution in [0.25, 0.3) is 0 Å².